The number of hydrogen-bond donors (Lipinski definition) is 2. The molecular weight excluding hydrogens is 414 g/mol. The molecule has 2 aliphatic rings. The highest BCUT2D eigenvalue weighted by Gasteiger charge is 2.46. The van der Waals surface area contributed by atoms with Crippen LogP contribution in [0.4, 0.5) is 0 Å². The first-order valence-corrected chi connectivity index (χ1v) is 11.9. The summed E-state index contributed by atoms with van der Waals surface area (Å²) in [5.74, 6) is -0.113. The Labute approximate surface area is 195 Å². The van der Waals surface area contributed by atoms with E-state index in [1.807, 2.05) is 30.3 Å². The minimum Gasteiger partial charge on any atom is -0.355 e. The van der Waals surface area contributed by atoms with E-state index in [1.165, 1.54) is 11.1 Å². The SMILES string of the molecule is CCC(CC)[C@@H]1C(=O)N[C@H](C2Cc3ccccc3C2)C(=O)N1Cc1cccc(C(=O)NC)c1. The van der Waals surface area contributed by atoms with Gasteiger partial charge in [0.1, 0.15) is 12.1 Å². The molecule has 4 rings (SSSR count). The molecule has 0 unspecified atom stereocenters. The van der Waals surface area contributed by atoms with Crippen molar-refractivity contribution in [3.63, 3.8) is 0 Å². The van der Waals surface area contributed by atoms with Crippen molar-refractivity contribution in [2.75, 3.05) is 7.05 Å². The minimum absolute atomic E-state index is 0.0188. The molecule has 0 saturated carbocycles. The fourth-order valence-corrected chi connectivity index (χ4v) is 5.44. The van der Waals surface area contributed by atoms with Gasteiger partial charge in [0.15, 0.2) is 0 Å². The monoisotopic (exact) mass is 447 g/mol. The van der Waals surface area contributed by atoms with Crippen LogP contribution in [0.15, 0.2) is 48.5 Å². The fraction of sp³-hybridized carbons (Fsp3) is 0.444. The molecule has 0 radical (unpaired) electrons. The molecule has 0 bridgehead atoms. The van der Waals surface area contributed by atoms with Gasteiger partial charge in [-0.05, 0) is 53.5 Å². The molecule has 1 saturated heterocycles. The van der Waals surface area contributed by atoms with Crippen LogP contribution in [-0.4, -0.2) is 41.8 Å². The van der Waals surface area contributed by atoms with Gasteiger partial charge in [0, 0.05) is 19.2 Å². The van der Waals surface area contributed by atoms with E-state index >= 15 is 0 Å². The van der Waals surface area contributed by atoms with Gasteiger partial charge >= 0.3 is 0 Å². The highest BCUT2D eigenvalue weighted by atomic mass is 16.2. The molecule has 2 N–H and O–H groups in total. The Morgan fingerprint density at radius 1 is 1.06 bits per heavy atom. The van der Waals surface area contributed by atoms with Crippen molar-refractivity contribution < 1.29 is 14.4 Å². The van der Waals surface area contributed by atoms with Crippen LogP contribution < -0.4 is 10.6 Å². The maximum atomic E-state index is 13.9. The van der Waals surface area contributed by atoms with Gasteiger partial charge in [-0.15, -0.1) is 0 Å². The molecule has 2 aromatic carbocycles. The average Bonchev–Trinajstić information content (AvgIpc) is 3.27. The summed E-state index contributed by atoms with van der Waals surface area (Å²) in [5.41, 5.74) is 3.92. The molecule has 2 atom stereocenters. The fourth-order valence-electron chi connectivity index (χ4n) is 5.44. The van der Waals surface area contributed by atoms with Gasteiger partial charge in [-0.3, -0.25) is 14.4 Å². The lowest BCUT2D eigenvalue weighted by Crippen LogP contribution is -2.66. The van der Waals surface area contributed by atoms with Crippen LogP contribution in [0, 0.1) is 11.8 Å². The van der Waals surface area contributed by atoms with Gasteiger partial charge in [-0.1, -0.05) is 63.1 Å². The quantitative estimate of drug-likeness (QED) is 0.685. The summed E-state index contributed by atoms with van der Waals surface area (Å²) in [7, 11) is 1.60. The molecule has 6 heteroatoms. The second-order valence-corrected chi connectivity index (χ2v) is 9.19. The predicted molar refractivity (Wildman–Crippen MR) is 128 cm³/mol. The lowest BCUT2D eigenvalue weighted by Gasteiger charge is -2.43. The zero-order valence-corrected chi connectivity index (χ0v) is 19.6. The Bertz CT molecular complexity index is 1020. The molecule has 1 aliphatic carbocycles. The van der Waals surface area contributed by atoms with Gasteiger partial charge in [-0.2, -0.15) is 0 Å². The lowest BCUT2D eigenvalue weighted by atomic mass is 9.86. The maximum absolute atomic E-state index is 13.9. The van der Waals surface area contributed by atoms with Gasteiger partial charge in [0.25, 0.3) is 5.91 Å². The van der Waals surface area contributed by atoms with Crippen molar-refractivity contribution in [2.24, 2.45) is 11.8 Å². The molecule has 2 aromatic rings. The highest BCUT2D eigenvalue weighted by molar-refractivity contribution is 5.97. The number of rotatable bonds is 7. The van der Waals surface area contributed by atoms with Gasteiger partial charge < -0.3 is 15.5 Å². The number of carbonyl (C=O) groups excluding carboxylic acids is 3. The van der Waals surface area contributed by atoms with Crippen molar-refractivity contribution >= 4 is 17.7 Å². The van der Waals surface area contributed by atoms with Crippen LogP contribution in [-0.2, 0) is 29.0 Å². The topological polar surface area (TPSA) is 78.5 Å². The Hall–Kier alpha value is -3.15. The largest absolute Gasteiger partial charge is 0.355 e. The molecule has 1 heterocycles. The zero-order valence-electron chi connectivity index (χ0n) is 19.6. The second kappa shape index (κ2) is 9.77. The third-order valence-corrected chi connectivity index (χ3v) is 7.27. The predicted octanol–water partition coefficient (Wildman–Crippen LogP) is 3.09. The molecular formula is C27H33N3O3. The summed E-state index contributed by atoms with van der Waals surface area (Å²) < 4.78 is 0. The van der Waals surface area contributed by atoms with Gasteiger partial charge in [0.2, 0.25) is 11.8 Å². The summed E-state index contributed by atoms with van der Waals surface area (Å²) >= 11 is 0. The average molecular weight is 448 g/mol. The van der Waals surface area contributed by atoms with E-state index in [9.17, 15) is 14.4 Å². The summed E-state index contributed by atoms with van der Waals surface area (Å²) in [4.78, 5) is 41.1. The molecule has 0 aromatic heterocycles. The molecule has 1 fully saturated rings. The molecule has 0 spiro atoms. The summed E-state index contributed by atoms with van der Waals surface area (Å²) in [6.07, 6.45) is 3.22. The number of nitrogens with zero attached hydrogens (tertiary/aromatic N) is 1. The Balaban J connectivity index is 1.63. The number of benzene rings is 2. The minimum atomic E-state index is -0.530. The van der Waals surface area contributed by atoms with Crippen molar-refractivity contribution in [1.82, 2.24) is 15.5 Å². The first kappa shape index (κ1) is 23.0. The normalized spacial score (nSPS) is 20.7. The van der Waals surface area contributed by atoms with Gasteiger partial charge in [-0.25, -0.2) is 0 Å². The Morgan fingerprint density at radius 3 is 2.33 bits per heavy atom. The van der Waals surface area contributed by atoms with Crippen molar-refractivity contribution in [3.8, 4) is 0 Å². The number of nitrogens with one attached hydrogen (secondary N) is 2. The van der Waals surface area contributed by atoms with Crippen LogP contribution in [0.5, 0.6) is 0 Å². The van der Waals surface area contributed by atoms with Crippen LogP contribution in [0.2, 0.25) is 0 Å². The van der Waals surface area contributed by atoms with Crippen molar-refractivity contribution in [3.05, 3.63) is 70.8 Å². The number of hydrogen-bond acceptors (Lipinski definition) is 3. The number of piperazine rings is 1. The van der Waals surface area contributed by atoms with Crippen LogP contribution >= 0.6 is 0 Å². The van der Waals surface area contributed by atoms with E-state index in [0.717, 1.165) is 31.2 Å². The summed E-state index contributed by atoms with van der Waals surface area (Å²) in [6.45, 7) is 4.44. The zero-order chi connectivity index (χ0) is 23.5. The Morgan fingerprint density at radius 2 is 1.73 bits per heavy atom. The van der Waals surface area contributed by atoms with E-state index < -0.39 is 12.1 Å². The Kier molecular flexibility index (Phi) is 6.82. The number of carbonyl (C=O) groups is 3. The van der Waals surface area contributed by atoms with E-state index in [2.05, 4.69) is 36.6 Å². The smallest absolute Gasteiger partial charge is 0.251 e. The third-order valence-electron chi connectivity index (χ3n) is 7.27. The van der Waals surface area contributed by atoms with E-state index in [4.69, 9.17) is 0 Å². The summed E-state index contributed by atoms with van der Waals surface area (Å²) in [5, 5.41) is 5.74. The van der Waals surface area contributed by atoms with E-state index in [-0.39, 0.29) is 29.6 Å². The maximum Gasteiger partial charge on any atom is 0.251 e. The van der Waals surface area contributed by atoms with Crippen LogP contribution in [0.25, 0.3) is 0 Å². The number of amides is 3. The molecule has 6 nitrogen and oxygen atoms in total. The first-order valence-electron chi connectivity index (χ1n) is 11.9. The second-order valence-electron chi connectivity index (χ2n) is 9.19. The van der Waals surface area contributed by atoms with E-state index in [1.54, 1.807) is 18.0 Å². The molecule has 3 amide bonds. The van der Waals surface area contributed by atoms with E-state index in [0.29, 0.717) is 12.1 Å². The third kappa shape index (κ3) is 4.52. The molecule has 174 valence electrons. The van der Waals surface area contributed by atoms with Gasteiger partial charge in [0.05, 0.1) is 0 Å². The summed E-state index contributed by atoms with van der Waals surface area (Å²) in [6, 6.07) is 14.5. The molecule has 1 aliphatic heterocycles. The van der Waals surface area contributed by atoms with Crippen LogP contribution in [0.3, 0.4) is 0 Å². The van der Waals surface area contributed by atoms with Crippen molar-refractivity contribution in [1.29, 1.82) is 0 Å². The highest BCUT2D eigenvalue weighted by Crippen LogP contribution is 2.33. The standard InChI is InChI=1S/C27H33N3O3/c1-4-18(5-2)24-26(32)29-23(22-14-19-10-6-7-11-20(19)15-22)27(33)30(24)16-17-9-8-12-21(13-17)25(31)28-3/h6-13,18,22-24H,4-5,14-16H2,1-3H3,(H,28,31)(H,29,32)/t23-,24-/m1/s1. The van der Waals surface area contributed by atoms with Crippen molar-refractivity contribution in [2.45, 2.75) is 58.2 Å². The van der Waals surface area contributed by atoms with Crippen LogP contribution in [0.1, 0.15) is 53.7 Å². The first-order chi connectivity index (χ1) is 16.0. The lowest BCUT2D eigenvalue weighted by molar-refractivity contribution is -0.154. The number of fused-ring (bicyclic) bond motifs is 1. The molecule has 33 heavy (non-hydrogen) atoms.